The molecule has 1 fully saturated rings. The summed E-state index contributed by atoms with van der Waals surface area (Å²) in [5.41, 5.74) is 6.53. The summed E-state index contributed by atoms with van der Waals surface area (Å²) in [7, 11) is 0. The molecule has 0 spiro atoms. The molecule has 2 unspecified atom stereocenters. The molecule has 0 bridgehead atoms. The normalized spacial score (nSPS) is 28.8. The molecule has 102 valence electrons. The second-order valence-corrected chi connectivity index (χ2v) is 6.31. The van der Waals surface area contributed by atoms with Gasteiger partial charge < -0.3 is 5.73 Å². The average Bonchev–Trinajstić information content (AvgIpc) is 2.69. The van der Waals surface area contributed by atoms with Crippen LogP contribution in [-0.4, -0.2) is 20.3 Å². The van der Waals surface area contributed by atoms with Crippen LogP contribution in [0.15, 0.2) is 6.33 Å². The summed E-state index contributed by atoms with van der Waals surface area (Å²) in [6.45, 7) is 7.61. The van der Waals surface area contributed by atoms with Gasteiger partial charge in [-0.3, -0.25) is 0 Å². The molecule has 18 heavy (non-hydrogen) atoms. The van der Waals surface area contributed by atoms with Crippen molar-refractivity contribution in [3.8, 4) is 0 Å². The van der Waals surface area contributed by atoms with Crippen LogP contribution in [-0.2, 0) is 13.0 Å². The molecule has 2 atom stereocenters. The van der Waals surface area contributed by atoms with E-state index in [0.29, 0.717) is 11.8 Å². The van der Waals surface area contributed by atoms with Crippen LogP contribution in [0.1, 0.15) is 52.3 Å². The van der Waals surface area contributed by atoms with E-state index >= 15 is 0 Å². The quantitative estimate of drug-likeness (QED) is 0.892. The van der Waals surface area contributed by atoms with Crippen molar-refractivity contribution >= 4 is 0 Å². The summed E-state index contributed by atoms with van der Waals surface area (Å²) < 4.78 is 2.03. The summed E-state index contributed by atoms with van der Waals surface area (Å²) in [5.74, 6) is 2.22. The fourth-order valence-electron chi connectivity index (χ4n) is 2.92. The first kappa shape index (κ1) is 13.5. The molecule has 1 aromatic heterocycles. The second-order valence-electron chi connectivity index (χ2n) is 6.31. The molecule has 1 aromatic rings. The Bertz CT molecular complexity index is 385. The predicted molar refractivity (Wildman–Crippen MR) is 73.1 cm³/mol. The summed E-state index contributed by atoms with van der Waals surface area (Å²) in [4.78, 5) is 4.41. The molecule has 0 radical (unpaired) electrons. The Kier molecular flexibility index (Phi) is 4.05. The first-order valence-electron chi connectivity index (χ1n) is 7.17. The number of hydrogen-bond acceptors (Lipinski definition) is 3. The van der Waals surface area contributed by atoms with Crippen LogP contribution in [0, 0.1) is 11.8 Å². The molecule has 4 heteroatoms. The summed E-state index contributed by atoms with van der Waals surface area (Å²) >= 11 is 0. The van der Waals surface area contributed by atoms with E-state index in [4.69, 9.17) is 5.73 Å². The van der Waals surface area contributed by atoms with Crippen LogP contribution in [0.3, 0.4) is 0 Å². The molecule has 1 saturated carbocycles. The topological polar surface area (TPSA) is 56.7 Å². The van der Waals surface area contributed by atoms with Gasteiger partial charge in [0, 0.05) is 18.5 Å². The van der Waals surface area contributed by atoms with E-state index in [2.05, 4.69) is 30.9 Å². The Morgan fingerprint density at radius 3 is 2.94 bits per heavy atom. The minimum Gasteiger partial charge on any atom is -0.324 e. The molecule has 1 aliphatic rings. The van der Waals surface area contributed by atoms with Crippen molar-refractivity contribution in [2.24, 2.45) is 17.6 Å². The fourth-order valence-corrected chi connectivity index (χ4v) is 2.92. The van der Waals surface area contributed by atoms with Gasteiger partial charge in [-0.1, -0.05) is 33.6 Å². The van der Waals surface area contributed by atoms with Crippen molar-refractivity contribution in [3.63, 3.8) is 0 Å². The van der Waals surface area contributed by atoms with Gasteiger partial charge in [-0.15, -0.1) is 0 Å². The third-order valence-corrected chi connectivity index (χ3v) is 4.23. The molecule has 2 N–H and O–H groups in total. The SMILES string of the molecule is CC(C)Cn1ncnc1CC1(N)CCCCC1C. The molecular weight excluding hydrogens is 224 g/mol. The van der Waals surface area contributed by atoms with E-state index in [1.165, 1.54) is 19.3 Å². The number of aromatic nitrogens is 3. The van der Waals surface area contributed by atoms with Crippen LogP contribution in [0.25, 0.3) is 0 Å². The highest BCUT2D eigenvalue weighted by Crippen LogP contribution is 2.33. The molecule has 0 saturated heterocycles. The average molecular weight is 250 g/mol. The second kappa shape index (κ2) is 5.39. The number of hydrogen-bond donors (Lipinski definition) is 1. The lowest BCUT2D eigenvalue weighted by atomic mass is 9.72. The van der Waals surface area contributed by atoms with Gasteiger partial charge >= 0.3 is 0 Å². The van der Waals surface area contributed by atoms with Gasteiger partial charge in [0.25, 0.3) is 0 Å². The smallest absolute Gasteiger partial charge is 0.138 e. The van der Waals surface area contributed by atoms with Crippen molar-refractivity contribution in [1.29, 1.82) is 0 Å². The molecule has 0 amide bonds. The van der Waals surface area contributed by atoms with Crippen molar-refractivity contribution < 1.29 is 0 Å². The van der Waals surface area contributed by atoms with Crippen LogP contribution < -0.4 is 5.73 Å². The molecule has 1 heterocycles. The Morgan fingerprint density at radius 1 is 1.50 bits per heavy atom. The lowest BCUT2D eigenvalue weighted by molar-refractivity contribution is 0.198. The highest BCUT2D eigenvalue weighted by atomic mass is 15.3. The molecule has 0 aromatic carbocycles. The Hall–Kier alpha value is -0.900. The Morgan fingerprint density at radius 2 is 2.28 bits per heavy atom. The van der Waals surface area contributed by atoms with E-state index < -0.39 is 0 Å². The van der Waals surface area contributed by atoms with Gasteiger partial charge in [0.15, 0.2) is 0 Å². The maximum atomic E-state index is 6.61. The molecule has 2 rings (SSSR count). The highest BCUT2D eigenvalue weighted by Gasteiger charge is 2.35. The van der Waals surface area contributed by atoms with E-state index in [1.807, 2.05) is 4.68 Å². The lowest BCUT2D eigenvalue weighted by Gasteiger charge is -2.39. The molecular formula is C14H26N4. The van der Waals surface area contributed by atoms with E-state index in [1.54, 1.807) is 6.33 Å². The number of nitrogens with two attached hydrogens (primary N) is 1. The molecule has 1 aliphatic carbocycles. The third-order valence-electron chi connectivity index (χ3n) is 4.23. The minimum absolute atomic E-state index is 0.0833. The Labute approximate surface area is 110 Å². The zero-order valence-corrected chi connectivity index (χ0v) is 11.9. The maximum absolute atomic E-state index is 6.61. The van der Waals surface area contributed by atoms with Crippen molar-refractivity contribution in [1.82, 2.24) is 14.8 Å². The summed E-state index contributed by atoms with van der Waals surface area (Å²) in [6, 6.07) is 0. The number of nitrogens with zero attached hydrogens (tertiary/aromatic N) is 3. The minimum atomic E-state index is -0.0833. The standard InChI is InChI=1S/C14H26N4/c1-11(2)9-18-13(16-10-17-18)8-14(15)7-5-4-6-12(14)3/h10-12H,4-9,15H2,1-3H3. The first-order chi connectivity index (χ1) is 8.51. The molecule has 4 nitrogen and oxygen atoms in total. The lowest BCUT2D eigenvalue weighted by Crippen LogP contribution is -2.50. The largest absolute Gasteiger partial charge is 0.324 e. The summed E-state index contributed by atoms with van der Waals surface area (Å²) in [5, 5.41) is 4.33. The highest BCUT2D eigenvalue weighted by molar-refractivity contribution is 5.01. The fraction of sp³-hybridized carbons (Fsp3) is 0.857. The van der Waals surface area contributed by atoms with Crippen LogP contribution >= 0.6 is 0 Å². The first-order valence-corrected chi connectivity index (χ1v) is 7.17. The van der Waals surface area contributed by atoms with Gasteiger partial charge in [0.1, 0.15) is 12.2 Å². The van der Waals surface area contributed by atoms with Crippen molar-refractivity contribution in [3.05, 3.63) is 12.2 Å². The maximum Gasteiger partial charge on any atom is 0.138 e. The molecule has 0 aliphatic heterocycles. The Balaban J connectivity index is 2.10. The third kappa shape index (κ3) is 2.91. The van der Waals surface area contributed by atoms with Crippen LogP contribution in [0.4, 0.5) is 0 Å². The van der Waals surface area contributed by atoms with E-state index in [0.717, 1.165) is 25.2 Å². The number of rotatable bonds is 4. The summed E-state index contributed by atoms with van der Waals surface area (Å²) in [6.07, 6.45) is 7.45. The van der Waals surface area contributed by atoms with Gasteiger partial charge in [0.05, 0.1) is 0 Å². The van der Waals surface area contributed by atoms with E-state index in [9.17, 15) is 0 Å². The zero-order valence-electron chi connectivity index (χ0n) is 11.9. The van der Waals surface area contributed by atoms with Crippen LogP contribution in [0.5, 0.6) is 0 Å². The monoisotopic (exact) mass is 250 g/mol. The van der Waals surface area contributed by atoms with Crippen molar-refractivity contribution in [2.45, 2.75) is 65.0 Å². The zero-order chi connectivity index (χ0) is 13.2. The van der Waals surface area contributed by atoms with Gasteiger partial charge in [-0.05, 0) is 24.7 Å². The predicted octanol–water partition coefficient (Wildman–Crippen LogP) is 2.38. The van der Waals surface area contributed by atoms with E-state index in [-0.39, 0.29) is 5.54 Å². The van der Waals surface area contributed by atoms with Crippen LogP contribution in [0.2, 0.25) is 0 Å². The van der Waals surface area contributed by atoms with Gasteiger partial charge in [0.2, 0.25) is 0 Å². The van der Waals surface area contributed by atoms with Gasteiger partial charge in [-0.2, -0.15) is 5.10 Å². The van der Waals surface area contributed by atoms with Crippen molar-refractivity contribution in [2.75, 3.05) is 0 Å². The van der Waals surface area contributed by atoms with Gasteiger partial charge in [-0.25, -0.2) is 9.67 Å².